The van der Waals surface area contributed by atoms with Crippen LogP contribution < -0.4 is 0 Å². The molecule has 0 saturated heterocycles. The van der Waals surface area contributed by atoms with Crippen molar-refractivity contribution in [1.82, 2.24) is 0 Å². The molecule has 0 aromatic heterocycles. The van der Waals surface area contributed by atoms with E-state index in [2.05, 4.69) is 20.8 Å². The minimum Gasteiger partial charge on any atom is -0.504 e. The highest BCUT2D eigenvalue weighted by Crippen LogP contribution is 2.49. The second kappa shape index (κ2) is 4.63. The van der Waals surface area contributed by atoms with E-state index in [0.29, 0.717) is 18.1 Å². The van der Waals surface area contributed by atoms with Gasteiger partial charge in [0, 0.05) is 5.56 Å². The van der Waals surface area contributed by atoms with Crippen molar-refractivity contribution >= 4 is 6.29 Å². The molecule has 2 atom stereocenters. The SMILES string of the molecule is CC1CCC(C(C)C)c2cc(C=O)c(O)c(O)c21. The molecule has 0 fully saturated rings. The molecule has 0 amide bonds. The first-order valence-electron chi connectivity index (χ1n) is 6.51. The zero-order chi connectivity index (χ0) is 13.4. The van der Waals surface area contributed by atoms with E-state index in [9.17, 15) is 15.0 Å². The van der Waals surface area contributed by atoms with E-state index in [1.54, 1.807) is 6.07 Å². The van der Waals surface area contributed by atoms with Gasteiger partial charge in [0.2, 0.25) is 0 Å². The summed E-state index contributed by atoms with van der Waals surface area (Å²) in [5, 5.41) is 19.9. The molecule has 0 saturated carbocycles. The molecular weight excluding hydrogens is 228 g/mol. The predicted octanol–water partition coefficient (Wildman–Crippen LogP) is 3.55. The second-order valence-electron chi connectivity index (χ2n) is 5.61. The van der Waals surface area contributed by atoms with Crippen molar-refractivity contribution in [1.29, 1.82) is 0 Å². The molecule has 0 aliphatic heterocycles. The number of carbonyl (C=O) groups excluding carboxylic acids is 1. The van der Waals surface area contributed by atoms with E-state index in [0.717, 1.165) is 24.0 Å². The molecular formula is C15H20O3. The molecule has 1 aromatic carbocycles. The van der Waals surface area contributed by atoms with Crippen molar-refractivity contribution in [3.63, 3.8) is 0 Å². The number of carbonyl (C=O) groups is 1. The zero-order valence-corrected chi connectivity index (χ0v) is 11.1. The Balaban J connectivity index is 2.67. The maximum absolute atomic E-state index is 11.0. The fourth-order valence-corrected chi connectivity index (χ4v) is 3.05. The Hall–Kier alpha value is -1.51. The Labute approximate surface area is 107 Å². The quantitative estimate of drug-likeness (QED) is 0.621. The number of phenols is 2. The Morgan fingerprint density at radius 2 is 1.94 bits per heavy atom. The molecule has 1 aromatic rings. The monoisotopic (exact) mass is 248 g/mol. The molecule has 0 spiro atoms. The van der Waals surface area contributed by atoms with Gasteiger partial charge in [0.25, 0.3) is 0 Å². The van der Waals surface area contributed by atoms with Crippen LogP contribution >= 0.6 is 0 Å². The van der Waals surface area contributed by atoms with Gasteiger partial charge in [-0.25, -0.2) is 0 Å². The highest BCUT2D eigenvalue weighted by molar-refractivity contribution is 5.82. The third-order valence-corrected chi connectivity index (χ3v) is 4.11. The molecule has 0 heterocycles. The van der Waals surface area contributed by atoms with Gasteiger partial charge in [-0.15, -0.1) is 0 Å². The van der Waals surface area contributed by atoms with Crippen molar-refractivity contribution in [2.24, 2.45) is 5.92 Å². The van der Waals surface area contributed by atoms with Gasteiger partial charge >= 0.3 is 0 Å². The van der Waals surface area contributed by atoms with Crippen LogP contribution in [-0.2, 0) is 0 Å². The Bertz CT molecular complexity index is 477. The lowest BCUT2D eigenvalue weighted by Crippen LogP contribution is -2.17. The Morgan fingerprint density at radius 1 is 1.28 bits per heavy atom. The molecule has 18 heavy (non-hydrogen) atoms. The van der Waals surface area contributed by atoms with Crippen molar-refractivity contribution in [2.45, 2.75) is 45.4 Å². The van der Waals surface area contributed by atoms with E-state index >= 15 is 0 Å². The average Bonchev–Trinajstić information content (AvgIpc) is 2.33. The summed E-state index contributed by atoms with van der Waals surface area (Å²) in [5.41, 5.74) is 2.04. The second-order valence-corrected chi connectivity index (χ2v) is 5.61. The predicted molar refractivity (Wildman–Crippen MR) is 70.4 cm³/mol. The molecule has 1 aliphatic rings. The Morgan fingerprint density at radius 3 is 2.50 bits per heavy atom. The van der Waals surface area contributed by atoms with Gasteiger partial charge in [-0.3, -0.25) is 4.79 Å². The fourth-order valence-electron chi connectivity index (χ4n) is 3.05. The van der Waals surface area contributed by atoms with Crippen molar-refractivity contribution < 1.29 is 15.0 Å². The van der Waals surface area contributed by atoms with Crippen LogP contribution in [0.2, 0.25) is 0 Å². The van der Waals surface area contributed by atoms with Crippen LogP contribution in [0.15, 0.2) is 6.07 Å². The number of hydrogen-bond donors (Lipinski definition) is 2. The molecule has 2 rings (SSSR count). The summed E-state index contributed by atoms with van der Waals surface area (Å²) in [6.45, 7) is 6.35. The van der Waals surface area contributed by atoms with Crippen LogP contribution in [-0.4, -0.2) is 16.5 Å². The van der Waals surface area contributed by atoms with E-state index < -0.39 is 0 Å². The van der Waals surface area contributed by atoms with Crippen LogP contribution in [0.25, 0.3) is 0 Å². The van der Waals surface area contributed by atoms with E-state index in [1.165, 1.54) is 0 Å². The number of aromatic hydroxyl groups is 2. The summed E-state index contributed by atoms with van der Waals surface area (Å²) >= 11 is 0. The third kappa shape index (κ3) is 1.88. The standard InChI is InChI=1S/C15H20O3/c1-8(2)11-5-4-9(3)13-12(11)6-10(7-16)14(17)15(13)18/h6-9,11,17-18H,4-5H2,1-3H3. The zero-order valence-electron chi connectivity index (χ0n) is 11.1. The summed E-state index contributed by atoms with van der Waals surface area (Å²) < 4.78 is 0. The maximum Gasteiger partial charge on any atom is 0.168 e. The van der Waals surface area contributed by atoms with Gasteiger partial charge < -0.3 is 10.2 Å². The maximum atomic E-state index is 11.0. The Kier molecular flexibility index (Phi) is 3.33. The highest BCUT2D eigenvalue weighted by atomic mass is 16.3. The van der Waals surface area contributed by atoms with E-state index in [-0.39, 0.29) is 23.0 Å². The summed E-state index contributed by atoms with van der Waals surface area (Å²) in [5.74, 6) is 0.648. The van der Waals surface area contributed by atoms with Gasteiger partial charge in [0.05, 0.1) is 5.56 Å². The van der Waals surface area contributed by atoms with E-state index in [1.807, 2.05) is 0 Å². The minimum atomic E-state index is -0.278. The smallest absolute Gasteiger partial charge is 0.168 e. The van der Waals surface area contributed by atoms with Gasteiger partial charge in [-0.2, -0.15) is 0 Å². The first-order valence-corrected chi connectivity index (χ1v) is 6.51. The molecule has 0 bridgehead atoms. The lowest BCUT2D eigenvalue weighted by Gasteiger charge is -2.33. The first kappa shape index (κ1) is 12.9. The highest BCUT2D eigenvalue weighted by Gasteiger charge is 2.31. The number of rotatable bonds is 2. The fraction of sp³-hybridized carbons (Fsp3) is 0.533. The molecule has 2 N–H and O–H groups in total. The molecule has 0 radical (unpaired) electrons. The summed E-state index contributed by atoms with van der Waals surface area (Å²) in [7, 11) is 0. The van der Waals surface area contributed by atoms with Crippen LogP contribution in [0, 0.1) is 5.92 Å². The first-order chi connectivity index (χ1) is 8.47. The minimum absolute atomic E-state index is 0.104. The summed E-state index contributed by atoms with van der Waals surface area (Å²) in [4.78, 5) is 11.0. The van der Waals surface area contributed by atoms with Crippen LogP contribution in [0.3, 0.4) is 0 Å². The number of fused-ring (bicyclic) bond motifs is 1. The number of hydrogen-bond acceptors (Lipinski definition) is 3. The summed E-state index contributed by atoms with van der Waals surface area (Å²) in [6, 6.07) is 1.75. The van der Waals surface area contributed by atoms with Crippen LogP contribution in [0.4, 0.5) is 0 Å². The molecule has 1 aliphatic carbocycles. The van der Waals surface area contributed by atoms with Gasteiger partial charge in [-0.1, -0.05) is 20.8 Å². The normalized spacial score (nSPS) is 22.9. The van der Waals surface area contributed by atoms with Gasteiger partial charge in [0.1, 0.15) is 0 Å². The van der Waals surface area contributed by atoms with Gasteiger partial charge in [0.15, 0.2) is 17.8 Å². The number of aldehydes is 1. The molecule has 98 valence electrons. The van der Waals surface area contributed by atoms with Crippen molar-refractivity contribution in [3.8, 4) is 11.5 Å². The largest absolute Gasteiger partial charge is 0.504 e. The third-order valence-electron chi connectivity index (χ3n) is 4.11. The van der Waals surface area contributed by atoms with Crippen molar-refractivity contribution in [2.75, 3.05) is 0 Å². The number of phenolic OH excluding ortho intramolecular Hbond substituents is 2. The molecule has 3 heteroatoms. The summed E-state index contributed by atoms with van der Waals surface area (Å²) in [6.07, 6.45) is 2.67. The van der Waals surface area contributed by atoms with Crippen LogP contribution in [0.5, 0.6) is 11.5 Å². The van der Waals surface area contributed by atoms with Gasteiger partial charge in [-0.05, 0) is 42.2 Å². The van der Waals surface area contributed by atoms with Crippen LogP contribution in [0.1, 0.15) is 66.9 Å². The molecule has 3 nitrogen and oxygen atoms in total. The molecule has 2 unspecified atom stereocenters. The lowest BCUT2D eigenvalue weighted by atomic mass is 9.72. The lowest BCUT2D eigenvalue weighted by molar-refractivity contribution is 0.112. The topological polar surface area (TPSA) is 57.5 Å². The number of benzene rings is 1. The average molecular weight is 248 g/mol. The van der Waals surface area contributed by atoms with E-state index in [4.69, 9.17) is 0 Å². The van der Waals surface area contributed by atoms with Crippen molar-refractivity contribution in [3.05, 3.63) is 22.8 Å².